The van der Waals surface area contributed by atoms with E-state index in [1.54, 1.807) is 24.3 Å². The van der Waals surface area contributed by atoms with Gasteiger partial charge in [-0.15, -0.1) is 0 Å². The molecule has 0 aliphatic carbocycles. The molecule has 5 nitrogen and oxygen atoms in total. The van der Waals surface area contributed by atoms with Crippen LogP contribution in [0.3, 0.4) is 0 Å². The fourth-order valence-corrected chi connectivity index (χ4v) is 1.77. The Balaban J connectivity index is 2.46. The van der Waals surface area contributed by atoms with Crippen molar-refractivity contribution in [1.82, 2.24) is 0 Å². The minimum absolute atomic E-state index is 0.0286. The lowest BCUT2D eigenvalue weighted by atomic mass is 10.0. The molecule has 1 aromatic carbocycles. The second-order valence-electron chi connectivity index (χ2n) is 3.84. The van der Waals surface area contributed by atoms with Gasteiger partial charge in [-0.05, 0) is 5.56 Å². The zero-order valence-electron chi connectivity index (χ0n) is 9.80. The predicted molar refractivity (Wildman–Crippen MR) is 68.3 cm³/mol. The van der Waals surface area contributed by atoms with Crippen molar-refractivity contribution in [1.29, 1.82) is 0 Å². The summed E-state index contributed by atoms with van der Waals surface area (Å²) in [5, 5.41) is 9.28. The smallest absolute Gasteiger partial charge is 0.339 e. The molecule has 0 aromatic heterocycles. The summed E-state index contributed by atoms with van der Waals surface area (Å²) in [5.41, 5.74) is 7.25. The molecule has 0 unspecified atom stereocenters. The molecule has 0 spiro atoms. The van der Waals surface area contributed by atoms with Crippen molar-refractivity contribution in [3.63, 3.8) is 0 Å². The average molecular weight is 246 g/mol. The quantitative estimate of drug-likeness (QED) is 0.776. The molecule has 18 heavy (non-hydrogen) atoms. The van der Waals surface area contributed by atoms with Crippen molar-refractivity contribution in [3.8, 4) is 0 Å². The van der Waals surface area contributed by atoms with Gasteiger partial charge < -0.3 is 15.6 Å². The lowest BCUT2D eigenvalue weighted by Gasteiger charge is -2.15. The number of benzene rings is 1. The van der Waals surface area contributed by atoms with Crippen LogP contribution in [0, 0.1) is 0 Å². The summed E-state index contributed by atoms with van der Waals surface area (Å²) >= 11 is 0. The van der Waals surface area contributed by atoms with Crippen molar-refractivity contribution < 1.29 is 14.6 Å². The van der Waals surface area contributed by atoms with Gasteiger partial charge in [0.05, 0.1) is 31.2 Å². The van der Waals surface area contributed by atoms with E-state index >= 15 is 0 Å². The topological polar surface area (TPSA) is 84.9 Å². The number of ether oxygens (including phenoxy) is 1. The van der Waals surface area contributed by atoms with E-state index in [9.17, 15) is 9.90 Å². The van der Waals surface area contributed by atoms with Gasteiger partial charge in [-0.2, -0.15) is 0 Å². The second kappa shape index (κ2) is 5.46. The van der Waals surface area contributed by atoms with Crippen molar-refractivity contribution in [2.24, 2.45) is 10.7 Å². The van der Waals surface area contributed by atoms with Crippen LogP contribution in [0.15, 0.2) is 40.9 Å². The second-order valence-corrected chi connectivity index (χ2v) is 3.84. The third kappa shape index (κ3) is 2.57. The Morgan fingerprint density at radius 2 is 2.06 bits per heavy atom. The van der Waals surface area contributed by atoms with Crippen molar-refractivity contribution in [2.45, 2.75) is 0 Å². The summed E-state index contributed by atoms with van der Waals surface area (Å²) in [7, 11) is 0. The van der Waals surface area contributed by atoms with E-state index in [1.165, 1.54) is 0 Å². The van der Waals surface area contributed by atoms with Gasteiger partial charge in [-0.1, -0.05) is 30.3 Å². The number of carboxylic acids is 1. The van der Waals surface area contributed by atoms with Gasteiger partial charge in [-0.25, -0.2) is 4.79 Å². The lowest BCUT2D eigenvalue weighted by molar-refractivity contribution is -0.132. The van der Waals surface area contributed by atoms with E-state index in [1.807, 2.05) is 6.07 Å². The van der Waals surface area contributed by atoms with Crippen LogP contribution in [0.5, 0.6) is 0 Å². The number of rotatable bonds is 3. The van der Waals surface area contributed by atoms with Crippen molar-refractivity contribution in [3.05, 3.63) is 41.5 Å². The van der Waals surface area contributed by atoms with Crippen LogP contribution in [0.1, 0.15) is 5.56 Å². The highest BCUT2D eigenvalue weighted by atomic mass is 16.5. The standard InChI is InChI=1S/C13H14N2O3/c14-12(9-4-2-1-3-5-9)11(13(16)17)10-8-18-7-6-15-10/h1-5H,6-8,14H2,(H,16,17)/b12-11+. The lowest BCUT2D eigenvalue weighted by Crippen LogP contribution is -2.26. The maximum Gasteiger partial charge on any atom is 0.339 e. The molecule has 94 valence electrons. The molecule has 5 heteroatoms. The highest BCUT2D eigenvalue weighted by molar-refractivity contribution is 6.24. The maximum absolute atomic E-state index is 11.3. The van der Waals surface area contributed by atoms with Gasteiger partial charge >= 0.3 is 5.97 Å². The van der Waals surface area contributed by atoms with E-state index in [2.05, 4.69) is 4.99 Å². The summed E-state index contributed by atoms with van der Waals surface area (Å²) in [6.45, 7) is 1.17. The van der Waals surface area contributed by atoms with Gasteiger partial charge in [0, 0.05) is 0 Å². The molecule has 0 bridgehead atoms. The van der Waals surface area contributed by atoms with Gasteiger partial charge in [0.15, 0.2) is 0 Å². The molecule has 1 aliphatic rings. The molecule has 0 radical (unpaired) electrons. The third-order valence-electron chi connectivity index (χ3n) is 2.63. The molecule has 0 atom stereocenters. The zero-order chi connectivity index (χ0) is 13.0. The van der Waals surface area contributed by atoms with Crippen LogP contribution in [0.4, 0.5) is 0 Å². The molecule has 0 fully saturated rings. The summed E-state index contributed by atoms with van der Waals surface area (Å²) in [6.07, 6.45) is 0. The summed E-state index contributed by atoms with van der Waals surface area (Å²) in [4.78, 5) is 15.5. The summed E-state index contributed by atoms with van der Waals surface area (Å²) in [6, 6.07) is 8.99. The molecule has 0 saturated carbocycles. The maximum atomic E-state index is 11.3. The van der Waals surface area contributed by atoms with Gasteiger partial charge in [0.25, 0.3) is 0 Å². The first-order valence-corrected chi connectivity index (χ1v) is 5.60. The molecule has 3 N–H and O–H groups in total. The first-order chi connectivity index (χ1) is 8.70. The molecule has 0 saturated heterocycles. The Hall–Kier alpha value is -2.14. The van der Waals surface area contributed by atoms with Crippen LogP contribution in [0.25, 0.3) is 5.70 Å². The van der Waals surface area contributed by atoms with E-state index in [0.29, 0.717) is 24.4 Å². The monoisotopic (exact) mass is 246 g/mol. The zero-order valence-corrected chi connectivity index (χ0v) is 9.80. The Bertz CT molecular complexity index is 506. The van der Waals surface area contributed by atoms with Gasteiger partial charge in [0.2, 0.25) is 0 Å². The SMILES string of the molecule is N/C(=C(/C(=O)O)C1=NCCOC1)c1ccccc1. The van der Waals surface area contributed by atoms with Crippen molar-refractivity contribution >= 4 is 17.4 Å². The first-order valence-electron chi connectivity index (χ1n) is 5.60. The Morgan fingerprint density at radius 1 is 1.33 bits per heavy atom. The molecule has 0 amide bonds. The molecule has 1 aliphatic heterocycles. The van der Waals surface area contributed by atoms with Crippen LogP contribution in [0.2, 0.25) is 0 Å². The number of nitrogens with zero attached hydrogens (tertiary/aromatic N) is 1. The summed E-state index contributed by atoms with van der Waals surface area (Å²) < 4.78 is 5.22. The largest absolute Gasteiger partial charge is 0.478 e. The summed E-state index contributed by atoms with van der Waals surface area (Å²) in [5.74, 6) is -1.08. The highest BCUT2D eigenvalue weighted by Gasteiger charge is 2.21. The predicted octanol–water partition coefficient (Wildman–Crippen LogP) is 0.912. The third-order valence-corrected chi connectivity index (χ3v) is 2.63. The first kappa shape index (κ1) is 12.3. The molecular weight excluding hydrogens is 232 g/mol. The Kier molecular flexibility index (Phi) is 3.74. The van der Waals surface area contributed by atoms with Crippen LogP contribution in [-0.4, -0.2) is 36.5 Å². The number of aliphatic imine (C=N–C) groups is 1. The van der Waals surface area contributed by atoms with Gasteiger partial charge in [0.1, 0.15) is 5.57 Å². The average Bonchev–Trinajstić information content (AvgIpc) is 2.40. The minimum atomic E-state index is -1.08. The molecule has 2 rings (SSSR count). The Labute approximate surface area is 105 Å². The van der Waals surface area contributed by atoms with Crippen molar-refractivity contribution in [2.75, 3.05) is 19.8 Å². The molecule has 1 heterocycles. The van der Waals surface area contributed by atoms with E-state index in [4.69, 9.17) is 10.5 Å². The van der Waals surface area contributed by atoms with E-state index in [0.717, 1.165) is 0 Å². The minimum Gasteiger partial charge on any atom is -0.478 e. The van der Waals surface area contributed by atoms with Crippen LogP contribution < -0.4 is 5.73 Å². The number of carbonyl (C=O) groups is 1. The molecular formula is C13H14N2O3. The number of hydrogen-bond acceptors (Lipinski definition) is 4. The number of hydrogen-bond donors (Lipinski definition) is 2. The Morgan fingerprint density at radius 3 is 2.61 bits per heavy atom. The number of carboxylic acid groups (broad SMARTS) is 1. The normalized spacial score (nSPS) is 16.8. The number of aliphatic carboxylic acids is 1. The highest BCUT2D eigenvalue weighted by Crippen LogP contribution is 2.16. The fourth-order valence-electron chi connectivity index (χ4n) is 1.77. The van der Waals surface area contributed by atoms with E-state index < -0.39 is 5.97 Å². The van der Waals surface area contributed by atoms with E-state index in [-0.39, 0.29) is 17.9 Å². The van der Waals surface area contributed by atoms with Gasteiger partial charge in [-0.3, -0.25) is 4.99 Å². The fraction of sp³-hybridized carbons (Fsp3) is 0.231. The number of nitrogens with two attached hydrogens (primary N) is 1. The molecule has 1 aromatic rings. The van der Waals surface area contributed by atoms with Crippen LogP contribution in [-0.2, 0) is 9.53 Å². The van der Waals surface area contributed by atoms with Crippen LogP contribution >= 0.6 is 0 Å².